The highest BCUT2D eigenvalue weighted by atomic mass is 32.1. The van der Waals surface area contributed by atoms with E-state index in [4.69, 9.17) is 19.4 Å². The Kier molecular flexibility index (Phi) is 8.78. The second-order valence-electron chi connectivity index (χ2n) is 13.5. The smallest absolute Gasteiger partial charge is 0.319 e. The molecule has 3 aliphatic rings. The van der Waals surface area contributed by atoms with Gasteiger partial charge < -0.3 is 24.2 Å². The SMILES string of the molecule is C=Cc1cc2c(N3CCC4(CC3)CN(C(=O)CCS)C4)nc(OC3CCN(C)CC3)nc2c(OCC)c1-c1c(C)ccc2[nH]ncc12. The molecule has 1 amide bonds. The lowest BCUT2D eigenvalue weighted by molar-refractivity contribution is -0.144. The summed E-state index contributed by atoms with van der Waals surface area (Å²) in [5.41, 5.74) is 5.95. The van der Waals surface area contributed by atoms with Gasteiger partial charge in [0.05, 0.1) is 18.3 Å². The van der Waals surface area contributed by atoms with E-state index >= 15 is 0 Å². The van der Waals surface area contributed by atoms with Gasteiger partial charge in [0.2, 0.25) is 5.91 Å². The van der Waals surface area contributed by atoms with Crippen molar-refractivity contribution in [2.24, 2.45) is 5.41 Å². The van der Waals surface area contributed by atoms with Crippen LogP contribution in [0.3, 0.4) is 0 Å². The van der Waals surface area contributed by atoms with E-state index in [1.165, 1.54) is 0 Å². The maximum Gasteiger partial charge on any atom is 0.319 e. The number of piperidine rings is 2. The molecule has 0 aliphatic carbocycles. The van der Waals surface area contributed by atoms with Crippen molar-refractivity contribution in [1.29, 1.82) is 0 Å². The first-order valence-corrected chi connectivity index (χ1v) is 17.5. The van der Waals surface area contributed by atoms with Crippen molar-refractivity contribution in [3.05, 3.63) is 42.1 Å². The van der Waals surface area contributed by atoms with E-state index in [-0.39, 0.29) is 17.4 Å². The highest BCUT2D eigenvalue weighted by molar-refractivity contribution is 7.80. The van der Waals surface area contributed by atoms with Crippen LogP contribution in [0, 0.1) is 12.3 Å². The Morgan fingerprint density at radius 3 is 2.60 bits per heavy atom. The van der Waals surface area contributed by atoms with Gasteiger partial charge in [0.1, 0.15) is 17.4 Å². The number of anilines is 1. The number of H-pyrrole nitrogens is 1. The Labute approximate surface area is 281 Å². The molecule has 3 aliphatic heterocycles. The minimum Gasteiger partial charge on any atom is -0.491 e. The number of carbonyl (C=O) groups is 1. The second-order valence-corrected chi connectivity index (χ2v) is 13.9. The van der Waals surface area contributed by atoms with E-state index < -0.39 is 0 Å². The standard InChI is InChI=1S/C36H45N7O3S/c1-5-24-19-26-32(33(45-6-2)31(24)30-23(3)7-8-28-27(30)20-37-40-28)38-35(46-25-9-14-41(4)15-10-25)39-34(26)42-16-12-36(13-17-42)21-43(22-36)29(44)11-18-47/h5,7-8,19-20,25,47H,1,6,9-18,21-22H2,2-4H3,(H,37,40). The normalized spacial score (nSPS) is 18.6. The molecule has 248 valence electrons. The molecule has 0 saturated carbocycles. The third-order valence-corrected chi connectivity index (χ3v) is 10.5. The second kappa shape index (κ2) is 13.0. The minimum absolute atomic E-state index is 0.0567. The van der Waals surface area contributed by atoms with E-state index in [1.807, 2.05) is 24.1 Å². The highest BCUT2D eigenvalue weighted by Crippen LogP contribution is 2.47. The monoisotopic (exact) mass is 655 g/mol. The predicted molar refractivity (Wildman–Crippen MR) is 191 cm³/mol. The van der Waals surface area contributed by atoms with Crippen molar-refractivity contribution in [1.82, 2.24) is 30.0 Å². The summed E-state index contributed by atoms with van der Waals surface area (Å²) in [6.45, 7) is 14.2. The van der Waals surface area contributed by atoms with Crippen molar-refractivity contribution < 1.29 is 14.3 Å². The maximum atomic E-state index is 12.5. The lowest BCUT2D eigenvalue weighted by Crippen LogP contribution is -2.62. The summed E-state index contributed by atoms with van der Waals surface area (Å²) in [6, 6.07) is 6.73. The molecule has 1 N–H and O–H groups in total. The molecule has 2 aromatic carbocycles. The fourth-order valence-corrected chi connectivity index (χ4v) is 7.82. The fraction of sp³-hybridized carbons (Fsp3) is 0.500. The highest BCUT2D eigenvalue weighted by Gasteiger charge is 2.46. The summed E-state index contributed by atoms with van der Waals surface area (Å²) in [5.74, 6) is 2.37. The molecule has 0 radical (unpaired) electrons. The van der Waals surface area contributed by atoms with Crippen molar-refractivity contribution >= 4 is 52.2 Å². The number of benzene rings is 2. The largest absolute Gasteiger partial charge is 0.491 e. The Bertz CT molecular complexity index is 1800. The Balaban J connectivity index is 1.33. The number of aromatic nitrogens is 4. The first kappa shape index (κ1) is 31.8. The number of nitrogens with one attached hydrogen (secondary N) is 1. The topological polar surface area (TPSA) is 99.7 Å². The summed E-state index contributed by atoms with van der Waals surface area (Å²) in [6.07, 6.45) is 8.20. The predicted octanol–water partition coefficient (Wildman–Crippen LogP) is 5.74. The number of amides is 1. The van der Waals surface area contributed by atoms with Crippen LogP contribution in [0.4, 0.5) is 5.82 Å². The number of hydrogen-bond acceptors (Lipinski definition) is 9. The number of nitrogens with zero attached hydrogens (tertiary/aromatic N) is 6. The summed E-state index contributed by atoms with van der Waals surface area (Å²) >= 11 is 4.25. The van der Waals surface area contributed by atoms with Gasteiger partial charge in [0.15, 0.2) is 5.75 Å². The molecule has 11 heteroatoms. The van der Waals surface area contributed by atoms with Gasteiger partial charge in [-0.3, -0.25) is 9.89 Å². The van der Waals surface area contributed by atoms with E-state index in [1.54, 1.807) is 0 Å². The number of likely N-dealkylation sites (tertiary alicyclic amines) is 2. The summed E-state index contributed by atoms with van der Waals surface area (Å²) in [4.78, 5) is 29.4. The zero-order chi connectivity index (χ0) is 32.7. The van der Waals surface area contributed by atoms with Crippen LogP contribution in [-0.2, 0) is 4.79 Å². The molecule has 10 nitrogen and oxygen atoms in total. The molecular weight excluding hydrogens is 611 g/mol. The molecule has 7 rings (SSSR count). The Morgan fingerprint density at radius 2 is 1.89 bits per heavy atom. The maximum absolute atomic E-state index is 12.5. The van der Waals surface area contributed by atoms with Crippen LogP contribution >= 0.6 is 12.6 Å². The molecule has 3 saturated heterocycles. The minimum atomic E-state index is 0.0567. The summed E-state index contributed by atoms with van der Waals surface area (Å²) in [5, 5.41) is 9.43. The van der Waals surface area contributed by atoms with Gasteiger partial charge >= 0.3 is 6.01 Å². The number of hydrogen-bond donors (Lipinski definition) is 2. The summed E-state index contributed by atoms with van der Waals surface area (Å²) < 4.78 is 13.1. The number of rotatable bonds is 9. The average Bonchev–Trinajstić information content (AvgIpc) is 3.54. The quantitative estimate of drug-likeness (QED) is 0.220. The molecule has 3 fully saturated rings. The van der Waals surface area contributed by atoms with E-state index in [9.17, 15) is 4.79 Å². The first-order valence-electron chi connectivity index (χ1n) is 16.9. The molecular formula is C36H45N7O3S. The van der Waals surface area contributed by atoms with Gasteiger partial charge in [0, 0.05) is 67.4 Å². The van der Waals surface area contributed by atoms with Crippen LogP contribution in [0.1, 0.15) is 50.2 Å². The lowest BCUT2D eigenvalue weighted by Gasteiger charge is -2.54. The zero-order valence-electron chi connectivity index (χ0n) is 27.7. The number of thiol groups is 1. The molecule has 0 unspecified atom stereocenters. The van der Waals surface area contributed by atoms with Crippen LogP contribution < -0.4 is 14.4 Å². The molecule has 0 atom stereocenters. The number of carbonyl (C=O) groups excluding carboxylic acids is 1. The van der Waals surface area contributed by atoms with Crippen LogP contribution in [0.5, 0.6) is 11.8 Å². The van der Waals surface area contributed by atoms with Gasteiger partial charge in [-0.25, -0.2) is 0 Å². The summed E-state index contributed by atoms with van der Waals surface area (Å²) in [7, 11) is 2.15. The van der Waals surface area contributed by atoms with Crippen LogP contribution in [0.25, 0.3) is 39.0 Å². The molecule has 47 heavy (non-hydrogen) atoms. The first-order chi connectivity index (χ1) is 22.8. The number of aryl methyl sites for hydroxylation is 1. The Hall–Kier alpha value is -3.83. The van der Waals surface area contributed by atoms with Crippen molar-refractivity contribution in [3.63, 3.8) is 0 Å². The van der Waals surface area contributed by atoms with Gasteiger partial charge in [-0.05, 0) is 81.2 Å². The molecule has 1 spiro atoms. The van der Waals surface area contributed by atoms with E-state index in [0.29, 0.717) is 30.5 Å². The number of ether oxygens (including phenoxy) is 2. The van der Waals surface area contributed by atoms with Gasteiger partial charge in [-0.2, -0.15) is 27.7 Å². The molecule has 4 aromatic rings. The van der Waals surface area contributed by atoms with Gasteiger partial charge in [0.25, 0.3) is 0 Å². The van der Waals surface area contributed by atoms with E-state index in [0.717, 1.165) is 115 Å². The number of aromatic amines is 1. The lowest BCUT2D eigenvalue weighted by atomic mass is 9.72. The molecule has 2 aromatic heterocycles. The molecule has 0 bridgehead atoms. The zero-order valence-corrected chi connectivity index (χ0v) is 28.6. The van der Waals surface area contributed by atoms with Crippen molar-refractivity contribution in [2.45, 2.75) is 52.1 Å². The van der Waals surface area contributed by atoms with Crippen molar-refractivity contribution in [2.75, 3.05) is 63.6 Å². The van der Waals surface area contributed by atoms with E-state index in [2.05, 4.69) is 71.4 Å². The van der Waals surface area contributed by atoms with Crippen LogP contribution in [-0.4, -0.2) is 101 Å². The molecule has 5 heterocycles. The average molecular weight is 656 g/mol. The van der Waals surface area contributed by atoms with Gasteiger partial charge in [-0.1, -0.05) is 18.7 Å². The number of fused-ring (bicyclic) bond motifs is 2. The van der Waals surface area contributed by atoms with Crippen LogP contribution in [0.2, 0.25) is 0 Å². The fourth-order valence-electron chi connectivity index (χ4n) is 7.63. The third-order valence-electron chi connectivity index (χ3n) is 10.3. The Morgan fingerprint density at radius 1 is 1.13 bits per heavy atom. The van der Waals surface area contributed by atoms with Gasteiger partial charge in [-0.15, -0.1) is 0 Å². The van der Waals surface area contributed by atoms with Crippen LogP contribution in [0.15, 0.2) is 31.0 Å². The van der Waals surface area contributed by atoms with Crippen molar-refractivity contribution in [3.8, 4) is 22.9 Å². The third kappa shape index (κ3) is 5.92.